The zero-order chi connectivity index (χ0) is 48.4. The number of carbonyl (C=O) groups is 6. The van der Waals surface area contributed by atoms with Gasteiger partial charge in [-0.15, -0.1) is 10.2 Å². The van der Waals surface area contributed by atoms with Crippen molar-refractivity contribution in [3.8, 4) is 40.1 Å². The van der Waals surface area contributed by atoms with Crippen LogP contribution in [0.5, 0.6) is 23.0 Å². The molecular formula is C50H54N8O10. The number of nitrogens with one attached hydrogen (secondary N) is 2. The summed E-state index contributed by atoms with van der Waals surface area (Å²) in [6, 6.07) is 19.6. The maximum atomic E-state index is 13.8. The van der Waals surface area contributed by atoms with Crippen LogP contribution in [0, 0.1) is 0 Å². The number of piperidine rings is 1. The topological polar surface area (TPSA) is 226 Å². The van der Waals surface area contributed by atoms with Crippen LogP contribution in [0.3, 0.4) is 0 Å². The number of anilines is 1. The van der Waals surface area contributed by atoms with Gasteiger partial charge in [-0.3, -0.25) is 38.7 Å². The minimum Gasteiger partial charge on any atom is -0.508 e. The second kappa shape index (κ2) is 19.6. The first-order valence-electron chi connectivity index (χ1n) is 22.8. The van der Waals surface area contributed by atoms with Crippen LogP contribution in [-0.2, 0) is 20.9 Å². The first-order valence-corrected chi connectivity index (χ1v) is 22.8. The molecule has 4 N–H and O–H groups in total. The normalized spacial score (nSPS) is 16.4. The number of aromatic nitrogens is 3. The molecule has 4 aromatic carbocycles. The lowest BCUT2D eigenvalue weighted by molar-refractivity contribution is -0.137. The Labute approximate surface area is 392 Å². The monoisotopic (exact) mass is 926 g/mol. The number of hydrogen-bond donors (Lipinski definition) is 4. The summed E-state index contributed by atoms with van der Waals surface area (Å²) in [4.78, 5) is 83.7. The van der Waals surface area contributed by atoms with Crippen molar-refractivity contribution in [3.63, 3.8) is 0 Å². The number of esters is 1. The van der Waals surface area contributed by atoms with Crippen molar-refractivity contribution < 1.29 is 48.5 Å². The third-order valence-electron chi connectivity index (χ3n) is 12.9. The molecule has 2 unspecified atom stereocenters. The van der Waals surface area contributed by atoms with Gasteiger partial charge in [0, 0.05) is 80.3 Å². The van der Waals surface area contributed by atoms with Crippen molar-refractivity contribution in [3.05, 3.63) is 106 Å². The molecule has 0 bridgehead atoms. The fourth-order valence-corrected chi connectivity index (χ4v) is 9.20. The van der Waals surface area contributed by atoms with Crippen molar-refractivity contribution in [2.75, 3.05) is 44.7 Å². The summed E-state index contributed by atoms with van der Waals surface area (Å²) in [5.74, 6) is -2.10. The molecule has 3 aliphatic heterocycles. The highest BCUT2D eigenvalue weighted by atomic mass is 16.6. The highest BCUT2D eigenvalue weighted by Gasteiger charge is 2.40. The Kier molecular flexibility index (Phi) is 13.5. The molecule has 0 saturated carbocycles. The smallest absolute Gasteiger partial charge is 0.311 e. The highest BCUT2D eigenvalue weighted by molar-refractivity contribution is 6.05. The molecule has 1 aromatic heterocycles. The van der Waals surface area contributed by atoms with E-state index in [0.717, 1.165) is 16.8 Å². The lowest BCUT2D eigenvalue weighted by Crippen LogP contribution is -2.52. The molecule has 0 radical (unpaired) electrons. The number of piperazine rings is 1. The number of phenols is 2. The van der Waals surface area contributed by atoms with Crippen LogP contribution in [0.2, 0.25) is 0 Å². The molecule has 5 amide bonds. The first-order chi connectivity index (χ1) is 32.7. The molecule has 3 aliphatic rings. The lowest BCUT2D eigenvalue weighted by atomic mass is 9.88. The summed E-state index contributed by atoms with van der Waals surface area (Å²) < 4.78 is 13.1. The van der Waals surface area contributed by atoms with Crippen LogP contribution in [0.1, 0.15) is 113 Å². The Morgan fingerprint density at radius 1 is 0.853 bits per heavy atom. The molecule has 2 saturated heterocycles. The molecule has 68 heavy (non-hydrogen) atoms. The average molecular weight is 927 g/mol. The Morgan fingerprint density at radius 2 is 1.59 bits per heavy atom. The van der Waals surface area contributed by atoms with Gasteiger partial charge in [0.25, 0.3) is 17.7 Å². The van der Waals surface area contributed by atoms with E-state index in [4.69, 9.17) is 9.47 Å². The Hall–Kier alpha value is -7.76. The van der Waals surface area contributed by atoms with E-state index in [9.17, 15) is 39.0 Å². The molecule has 18 heteroatoms. The number of carbonyl (C=O) groups excluding carboxylic acids is 6. The van der Waals surface area contributed by atoms with E-state index in [1.54, 1.807) is 66.4 Å². The molecule has 354 valence electrons. The number of imide groups is 1. The molecule has 4 heterocycles. The first kappa shape index (κ1) is 46.8. The standard InChI is InChI=1S/C50H54N8O10/c1-6-29(33-9-8-10-34-37(33)27-57(50(34)66)38-16-18-43(61)52-47(38)63)23-44(62)68-41-17-15-32(24-42(41)67-5)55-19-21-56(22-20-55)49(65)30-11-13-31(14-12-30)58-45(53-54-46(58)48(64)51-7-2)36-25-35(28(3)4)39(59)26-40(36)60/h8-15,17,24-26,28-29,38,59-60H,6-7,16,18-23,27H2,1-5H3,(H,51,64)(H,52,61,63). The van der Waals surface area contributed by atoms with Crippen LogP contribution in [0.15, 0.2) is 72.8 Å². The highest BCUT2D eigenvalue weighted by Crippen LogP contribution is 2.40. The maximum Gasteiger partial charge on any atom is 0.311 e. The number of amides is 5. The van der Waals surface area contributed by atoms with Gasteiger partial charge in [-0.2, -0.15) is 0 Å². The fraction of sp³-hybridized carbons (Fsp3) is 0.360. The van der Waals surface area contributed by atoms with E-state index in [0.29, 0.717) is 67.3 Å². The Morgan fingerprint density at radius 3 is 2.26 bits per heavy atom. The average Bonchev–Trinajstić information content (AvgIpc) is 3.92. The van der Waals surface area contributed by atoms with Gasteiger partial charge in [0.1, 0.15) is 17.5 Å². The van der Waals surface area contributed by atoms with Gasteiger partial charge in [0.2, 0.25) is 17.6 Å². The van der Waals surface area contributed by atoms with Crippen molar-refractivity contribution in [2.24, 2.45) is 0 Å². The zero-order valence-corrected chi connectivity index (χ0v) is 38.6. The number of methoxy groups -OCH3 is 1. The van der Waals surface area contributed by atoms with Gasteiger partial charge in [-0.1, -0.05) is 32.9 Å². The molecule has 2 atom stereocenters. The minimum atomic E-state index is -0.743. The summed E-state index contributed by atoms with van der Waals surface area (Å²) in [5, 5.41) is 34.9. The van der Waals surface area contributed by atoms with Crippen LogP contribution >= 0.6 is 0 Å². The van der Waals surface area contributed by atoms with Gasteiger partial charge < -0.3 is 39.7 Å². The second-order valence-corrected chi connectivity index (χ2v) is 17.3. The Bertz CT molecular complexity index is 2800. The molecule has 0 spiro atoms. The number of phenolic OH excluding ortho intramolecular Hbond substituents is 2. The number of rotatable bonds is 14. The van der Waals surface area contributed by atoms with Crippen LogP contribution in [-0.4, -0.2) is 116 Å². The van der Waals surface area contributed by atoms with E-state index < -0.39 is 23.8 Å². The summed E-state index contributed by atoms with van der Waals surface area (Å²) in [6.07, 6.45) is 1.04. The predicted octanol–water partition coefficient (Wildman–Crippen LogP) is 5.44. The Balaban J connectivity index is 0.908. The molecule has 5 aromatic rings. The number of nitrogens with zero attached hydrogens (tertiary/aromatic N) is 6. The summed E-state index contributed by atoms with van der Waals surface area (Å²) >= 11 is 0. The number of aromatic hydroxyl groups is 2. The summed E-state index contributed by atoms with van der Waals surface area (Å²) in [7, 11) is 1.50. The van der Waals surface area contributed by atoms with E-state index in [2.05, 4.69) is 25.7 Å². The fourth-order valence-electron chi connectivity index (χ4n) is 9.20. The lowest BCUT2D eigenvalue weighted by Gasteiger charge is -2.36. The largest absolute Gasteiger partial charge is 0.508 e. The van der Waals surface area contributed by atoms with E-state index in [-0.39, 0.29) is 89.8 Å². The van der Waals surface area contributed by atoms with E-state index in [1.807, 2.05) is 32.9 Å². The predicted molar refractivity (Wildman–Crippen MR) is 249 cm³/mol. The number of ether oxygens (including phenoxy) is 2. The number of fused-ring (bicyclic) bond motifs is 1. The molecule has 2 fully saturated rings. The summed E-state index contributed by atoms with van der Waals surface area (Å²) in [5.41, 5.74) is 4.69. The van der Waals surface area contributed by atoms with Crippen LogP contribution < -0.4 is 25.0 Å². The van der Waals surface area contributed by atoms with Crippen LogP contribution in [0.25, 0.3) is 17.1 Å². The van der Waals surface area contributed by atoms with Crippen molar-refractivity contribution in [2.45, 2.75) is 77.8 Å². The summed E-state index contributed by atoms with van der Waals surface area (Å²) in [6.45, 7) is 9.99. The zero-order valence-electron chi connectivity index (χ0n) is 38.6. The third-order valence-corrected chi connectivity index (χ3v) is 12.9. The maximum absolute atomic E-state index is 13.8. The van der Waals surface area contributed by atoms with Gasteiger partial charge >= 0.3 is 5.97 Å². The van der Waals surface area contributed by atoms with Crippen LogP contribution in [0.4, 0.5) is 5.69 Å². The second-order valence-electron chi connectivity index (χ2n) is 17.3. The van der Waals surface area contributed by atoms with E-state index >= 15 is 0 Å². The van der Waals surface area contributed by atoms with Crippen molar-refractivity contribution in [1.82, 2.24) is 35.2 Å². The molecule has 8 rings (SSSR count). The molecular weight excluding hydrogens is 873 g/mol. The molecule has 18 nitrogen and oxygen atoms in total. The number of hydrogen-bond acceptors (Lipinski definition) is 13. The third kappa shape index (κ3) is 9.17. The quantitative estimate of drug-likeness (QED) is 0.0619. The molecule has 0 aliphatic carbocycles. The van der Waals surface area contributed by atoms with E-state index in [1.165, 1.54) is 22.6 Å². The SMILES string of the molecule is CCNC(=O)c1nnc(-c2cc(C(C)C)c(O)cc2O)n1-c1ccc(C(=O)N2CCN(c3ccc(OC(=O)CC(CC)c4cccc5c4CN(C4CCC(=O)NC4=O)C5=O)c(OC)c3)CC2)cc1. The van der Waals surface area contributed by atoms with Gasteiger partial charge in [-0.25, -0.2) is 0 Å². The van der Waals surface area contributed by atoms with Crippen molar-refractivity contribution in [1.29, 1.82) is 0 Å². The minimum absolute atomic E-state index is 0.0168. The van der Waals surface area contributed by atoms with Gasteiger partial charge in [-0.05, 0) is 96.8 Å². The van der Waals surface area contributed by atoms with Gasteiger partial charge in [0.05, 0.1) is 19.1 Å². The van der Waals surface area contributed by atoms with Gasteiger partial charge in [0.15, 0.2) is 17.3 Å². The number of benzene rings is 4. The van der Waals surface area contributed by atoms with Crippen molar-refractivity contribution >= 4 is 41.2 Å².